The fraction of sp³-hybridized carbons (Fsp3) is 0.781. The predicted octanol–water partition coefficient (Wildman–Crippen LogP) is 8.33. The second-order valence-electron chi connectivity index (χ2n) is 12.8. The summed E-state index contributed by atoms with van der Waals surface area (Å²) in [7, 11) is -2.14. The molecule has 0 radical (unpaired) electrons. The highest BCUT2D eigenvalue weighted by Gasteiger charge is 2.39. The number of rotatable bonds is 13. The summed E-state index contributed by atoms with van der Waals surface area (Å²) in [4.78, 5) is 4.34. The standard InChI is InChI=1S/C22H38FNO3SSi.C10H18O3/c1-16(11-12-26-17(2)14-25)9-10-21(27-29(7,8)22(4,5)6)20(23)13-19-15-28-18(3)24-19;1-3-7-11-9(5-1)13-10-6-2-4-8-12-10/h9,13,15,17,21,25H,10-12,14H2,1-8H3;9-10H,1-8H2/t17-,21+;/m1./s1. The topological polar surface area (TPSA) is 79.3 Å². The molecule has 2 aliphatic heterocycles. The van der Waals surface area contributed by atoms with Gasteiger partial charge in [-0.1, -0.05) is 32.4 Å². The Bertz CT molecular complexity index is 935. The molecule has 1 N–H and O–H groups in total. The molecule has 2 saturated heterocycles. The largest absolute Gasteiger partial charge is 0.407 e. The minimum absolute atomic E-state index is 0.00292. The van der Waals surface area contributed by atoms with E-state index in [4.69, 9.17) is 28.5 Å². The van der Waals surface area contributed by atoms with Crippen LogP contribution in [0.2, 0.25) is 18.1 Å². The van der Waals surface area contributed by atoms with Crippen molar-refractivity contribution in [1.29, 1.82) is 0 Å². The van der Waals surface area contributed by atoms with Gasteiger partial charge < -0.3 is 28.5 Å². The van der Waals surface area contributed by atoms with E-state index >= 15 is 4.39 Å². The molecule has 4 atom stereocenters. The highest BCUT2D eigenvalue weighted by molar-refractivity contribution is 7.09. The van der Waals surface area contributed by atoms with Crippen molar-refractivity contribution in [3.63, 3.8) is 0 Å². The van der Waals surface area contributed by atoms with Crippen LogP contribution in [-0.4, -0.2) is 69.6 Å². The molecule has 3 heterocycles. The predicted molar refractivity (Wildman–Crippen MR) is 172 cm³/mol. The van der Waals surface area contributed by atoms with Gasteiger partial charge in [0.25, 0.3) is 0 Å². The molecule has 0 aromatic carbocycles. The molecule has 7 nitrogen and oxygen atoms in total. The van der Waals surface area contributed by atoms with Crippen molar-refractivity contribution in [3.8, 4) is 0 Å². The molecule has 0 amide bonds. The van der Waals surface area contributed by atoms with E-state index in [1.54, 1.807) is 0 Å². The first kappa shape index (κ1) is 37.2. The number of halogens is 1. The normalized spacial score (nSPS) is 22.3. The molecule has 242 valence electrons. The molecule has 2 aliphatic rings. The van der Waals surface area contributed by atoms with Crippen LogP contribution in [0.15, 0.2) is 22.9 Å². The molecule has 0 aliphatic carbocycles. The van der Waals surface area contributed by atoms with Gasteiger partial charge in [0, 0.05) is 18.6 Å². The number of aryl methyl sites for hydroxylation is 1. The minimum atomic E-state index is -2.14. The summed E-state index contributed by atoms with van der Waals surface area (Å²) in [5.41, 5.74) is 1.76. The van der Waals surface area contributed by atoms with Crippen LogP contribution >= 0.6 is 11.3 Å². The first-order valence-corrected chi connectivity index (χ1v) is 19.3. The molecule has 3 rings (SSSR count). The van der Waals surface area contributed by atoms with Crippen LogP contribution in [0, 0.1) is 6.92 Å². The van der Waals surface area contributed by atoms with E-state index in [2.05, 4.69) is 38.8 Å². The Hall–Kier alpha value is -0.983. The number of ether oxygens (including phenoxy) is 4. The Balaban J connectivity index is 0.000000389. The maximum Gasteiger partial charge on any atom is 0.193 e. The van der Waals surface area contributed by atoms with Gasteiger partial charge in [-0.25, -0.2) is 9.37 Å². The molecule has 1 aromatic rings. The Morgan fingerprint density at radius 3 is 2.26 bits per heavy atom. The monoisotopic (exact) mass is 629 g/mol. The fourth-order valence-electron chi connectivity index (χ4n) is 4.12. The number of hydrogen-bond acceptors (Lipinski definition) is 8. The van der Waals surface area contributed by atoms with Crippen molar-refractivity contribution in [2.45, 2.75) is 136 Å². The summed E-state index contributed by atoms with van der Waals surface area (Å²) >= 11 is 1.51. The zero-order valence-corrected chi connectivity index (χ0v) is 29.1. The third kappa shape index (κ3) is 14.2. The zero-order valence-electron chi connectivity index (χ0n) is 27.2. The summed E-state index contributed by atoms with van der Waals surface area (Å²) in [6.45, 7) is 18.7. The number of aliphatic hydroxyl groups excluding tert-OH is 1. The Morgan fingerprint density at radius 2 is 1.79 bits per heavy atom. The van der Waals surface area contributed by atoms with Gasteiger partial charge in [0.1, 0.15) is 11.9 Å². The van der Waals surface area contributed by atoms with Gasteiger partial charge in [0.15, 0.2) is 20.9 Å². The number of aliphatic hydroxyl groups is 1. The minimum Gasteiger partial charge on any atom is -0.407 e. The van der Waals surface area contributed by atoms with Gasteiger partial charge >= 0.3 is 0 Å². The maximum atomic E-state index is 15.2. The van der Waals surface area contributed by atoms with Crippen molar-refractivity contribution >= 4 is 25.7 Å². The van der Waals surface area contributed by atoms with E-state index in [0.29, 0.717) is 18.7 Å². The van der Waals surface area contributed by atoms with E-state index in [1.165, 1.54) is 43.1 Å². The van der Waals surface area contributed by atoms with E-state index in [-0.39, 0.29) is 36.2 Å². The smallest absolute Gasteiger partial charge is 0.193 e. The molecule has 10 heteroatoms. The highest BCUT2D eigenvalue weighted by Crippen LogP contribution is 2.39. The van der Waals surface area contributed by atoms with Gasteiger partial charge in [0.2, 0.25) is 0 Å². The molecule has 42 heavy (non-hydrogen) atoms. The molecule has 1 aromatic heterocycles. The summed E-state index contributed by atoms with van der Waals surface area (Å²) in [5, 5.41) is 11.8. The summed E-state index contributed by atoms with van der Waals surface area (Å²) in [5.74, 6) is -0.283. The lowest BCUT2D eigenvalue weighted by Gasteiger charge is -2.38. The van der Waals surface area contributed by atoms with Crippen LogP contribution < -0.4 is 0 Å². The summed E-state index contributed by atoms with van der Waals surface area (Å²) in [6.07, 6.45) is 10.8. The first-order valence-electron chi connectivity index (χ1n) is 15.5. The number of thiazole rings is 1. The Labute approximate surface area is 259 Å². The second-order valence-corrected chi connectivity index (χ2v) is 18.6. The summed E-state index contributed by atoms with van der Waals surface area (Å²) < 4.78 is 43.8. The molecular weight excluding hydrogens is 574 g/mol. The third-order valence-corrected chi connectivity index (χ3v) is 13.2. The Morgan fingerprint density at radius 1 is 1.17 bits per heavy atom. The number of aromatic nitrogens is 1. The molecular formula is C32H56FNO6SSi. The Kier molecular flexibility index (Phi) is 16.6. The average Bonchev–Trinajstić information content (AvgIpc) is 3.35. The van der Waals surface area contributed by atoms with Crippen molar-refractivity contribution in [3.05, 3.63) is 33.6 Å². The van der Waals surface area contributed by atoms with Crippen LogP contribution in [0.1, 0.15) is 96.7 Å². The number of hydrogen-bond donors (Lipinski definition) is 1. The van der Waals surface area contributed by atoms with Crippen molar-refractivity contribution < 1.29 is 32.9 Å². The van der Waals surface area contributed by atoms with Crippen LogP contribution in [0.25, 0.3) is 6.08 Å². The van der Waals surface area contributed by atoms with Gasteiger partial charge in [0.05, 0.1) is 30.0 Å². The van der Waals surface area contributed by atoms with E-state index in [0.717, 1.165) is 43.1 Å². The van der Waals surface area contributed by atoms with E-state index in [1.807, 2.05) is 32.2 Å². The highest BCUT2D eigenvalue weighted by atomic mass is 32.1. The maximum absolute atomic E-state index is 15.2. The molecule has 0 spiro atoms. The molecule has 2 fully saturated rings. The zero-order chi connectivity index (χ0) is 31.2. The SMILES string of the molecule is C1CCC(OC2CCCCO2)OC1.CC(=CC[C@H](O[Si](C)(C)C(C)(C)C)C(F)=Cc1csc(C)n1)CCO[C@H](C)CO. The van der Waals surface area contributed by atoms with Crippen molar-refractivity contribution in [2.24, 2.45) is 0 Å². The van der Waals surface area contributed by atoms with Crippen LogP contribution in [0.5, 0.6) is 0 Å². The first-order chi connectivity index (χ1) is 19.8. The fourth-order valence-corrected chi connectivity index (χ4v) is 5.96. The van der Waals surface area contributed by atoms with Crippen LogP contribution in [0.4, 0.5) is 4.39 Å². The van der Waals surface area contributed by atoms with Gasteiger partial charge in [-0.2, -0.15) is 0 Å². The van der Waals surface area contributed by atoms with Gasteiger partial charge in [-0.3, -0.25) is 0 Å². The molecule has 0 bridgehead atoms. The molecule has 0 saturated carbocycles. The second kappa shape index (κ2) is 18.7. The van der Waals surface area contributed by atoms with Gasteiger partial charge in [-0.15, -0.1) is 11.3 Å². The lowest BCUT2D eigenvalue weighted by Crippen LogP contribution is -2.44. The quantitative estimate of drug-likeness (QED) is 0.174. The lowest BCUT2D eigenvalue weighted by molar-refractivity contribution is -0.264. The van der Waals surface area contributed by atoms with E-state index < -0.39 is 14.4 Å². The van der Waals surface area contributed by atoms with Crippen LogP contribution in [-0.2, 0) is 23.4 Å². The molecule has 2 unspecified atom stereocenters. The third-order valence-electron chi connectivity index (χ3n) is 7.89. The lowest BCUT2D eigenvalue weighted by atomic mass is 10.1. The van der Waals surface area contributed by atoms with E-state index in [9.17, 15) is 0 Å². The van der Waals surface area contributed by atoms with Crippen molar-refractivity contribution in [2.75, 3.05) is 26.4 Å². The van der Waals surface area contributed by atoms with Gasteiger partial charge in [-0.05, 0) is 96.3 Å². The average molecular weight is 630 g/mol. The van der Waals surface area contributed by atoms with Crippen LogP contribution in [0.3, 0.4) is 0 Å². The summed E-state index contributed by atoms with van der Waals surface area (Å²) in [6, 6.07) is 0. The van der Waals surface area contributed by atoms with Crippen molar-refractivity contribution in [1.82, 2.24) is 4.98 Å². The number of nitrogens with zero attached hydrogens (tertiary/aromatic N) is 1.